The van der Waals surface area contributed by atoms with Gasteiger partial charge in [0.05, 0.1) is 6.26 Å². The zero-order valence-corrected chi connectivity index (χ0v) is 12.2. The van der Waals surface area contributed by atoms with Gasteiger partial charge in [0, 0.05) is 37.9 Å². The quantitative estimate of drug-likeness (QED) is 0.901. The van der Waals surface area contributed by atoms with Crippen molar-refractivity contribution in [3.8, 4) is 0 Å². The molecule has 2 aliphatic rings. The van der Waals surface area contributed by atoms with Crippen LogP contribution in [0.25, 0.3) is 0 Å². The second-order valence-electron chi connectivity index (χ2n) is 5.95. The molecule has 0 unspecified atom stereocenters. The highest BCUT2D eigenvalue weighted by Gasteiger charge is 2.45. The molecule has 5 heteroatoms. The Labute approximate surface area is 124 Å². The van der Waals surface area contributed by atoms with Gasteiger partial charge in [0.1, 0.15) is 5.76 Å². The molecule has 0 spiro atoms. The van der Waals surface area contributed by atoms with Crippen molar-refractivity contribution in [1.82, 2.24) is 10.2 Å². The van der Waals surface area contributed by atoms with E-state index in [4.69, 9.17) is 4.42 Å². The maximum atomic E-state index is 12.0. The zero-order valence-electron chi connectivity index (χ0n) is 12.2. The first-order valence-electron chi connectivity index (χ1n) is 7.84. The molecule has 1 aliphatic carbocycles. The summed E-state index contributed by atoms with van der Waals surface area (Å²) in [6.07, 6.45) is 6.35. The lowest BCUT2D eigenvalue weighted by molar-refractivity contribution is -0.131. The number of amides is 2. The van der Waals surface area contributed by atoms with Gasteiger partial charge in [0.25, 0.3) is 0 Å². The summed E-state index contributed by atoms with van der Waals surface area (Å²) in [6.45, 7) is 2.00. The lowest BCUT2D eigenvalue weighted by Crippen LogP contribution is -2.38. The summed E-state index contributed by atoms with van der Waals surface area (Å²) in [4.78, 5) is 25.8. The molecule has 2 heterocycles. The molecule has 1 aromatic rings. The first kappa shape index (κ1) is 14.2. The van der Waals surface area contributed by atoms with Crippen LogP contribution in [0.2, 0.25) is 0 Å². The van der Waals surface area contributed by atoms with E-state index in [0.717, 1.165) is 38.0 Å². The number of hydrogen-bond donors (Lipinski definition) is 1. The lowest BCUT2D eigenvalue weighted by atomic mass is 10.2. The summed E-state index contributed by atoms with van der Waals surface area (Å²) < 4.78 is 5.33. The minimum Gasteiger partial charge on any atom is -0.469 e. The molecule has 2 fully saturated rings. The van der Waals surface area contributed by atoms with E-state index in [2.05, 4.69) is 5.32 Å². The molecule has 0 radical (unpaired) electrons. The molecule has 2 amide bonds. The number of likely N-dealkylation sites (tertiary alicyclic amines) is 1. The van der Waals surface area contributed by atoms with E-state index >= 15 is 0 Å². The third-order valence-corrected chi connectivity index (χ3v) is 4.39. The van der Waals surface area contributed by atoms with Crippen molar-refractivity contribution >= 4 is 11.8 Å². The van der Waals surface area contributed by atoms with Crippen molar-refractivity contribution in [2.75, 3.05) is 19.6 Å². The summed E-state index contributed by atoms with van der Waals surface area (Å²) in [5, 5.41) is 2.95. The Morgan fingerprint density at radius 1 is 1.38 bits per heavy atom. The molecule has 21 heavy (non-hydrogen) atoms. The first-order chi connectivity index (χ1) is 10.3. The fraction of sp³-hybridized carbons (Fsp3) is 0.625. The van der Waals surface area contributed by atoms with E-state index < -0.39 is 0 Å². The van der Waals surface area contributed by atoms with Crippen molar-refractivity contribution in [1.29, 1.82) is 0 Å². The second kappa shape index (κ2) is 6.33. The minimum atomic E-state index is 0.0379. The predicted molar refractivity (Wildman–Crippen MR) is 77.6 cm³/mol. The Balaban J connectivity index is 1.39. The van der Waals surface area contributed by atoms with Crippen LogP contribution in [0.1, 0.15) is 43.8 Å². The van der Waals surface area contributed by atoms with Gasteiger partial charge in [-0.1, -0.05) is 6.42 Å². The van der Waals surface area contributed by atoms with Gasteiger partial charge in [0.2, 0.25) is 11.8 Å². The predicted octanol–water partition coefficient (Wildman–Crippen LogP) is 1.90. The van der Waals surface area contributed by atoms with Crippen LogP contribution in [0, 0.1) is 5.92 Å². The van der Waals surface area contributed by atoms with E-state index in [9.17, 15) is 9.59 Å². The average molecular weight is 290 g/mol. The molecule has 1 saturated carbocycles. The van der Waals surface area contributed by atoms with E-state index in [1.807, 2.05) is 17.0 Å². The topological polar surface area (TPSA) is 62.6 Å². The van der Waals surface area contributed by atoms with E-state index in [1.54, 1.807) is 6.26 Å². The summed E-state index contributed by atoms with van der Waals surface area (Å²) in [5.74, 6) is 1.48. The molecule has 0 aromatic carbocycles. The van der Waals surface area contributed by atoms with Crippen LogP contribution < -0.4 is 5.32 Å². The zero-order chi connectivity index (χ0) is 14.7. The molecular formula is C16H22N2O3. The highest BCUT2D eigenvalue weighted by Crippen LogP contribution is 2.47. The molecule has 1 aromatic heterocycles. The smallest absolute Gasteiger partial charge is 0.223 e. The number of rotatable bonds is 5. The highest BCUT2D eigenvalue weighted by molar-refractivity contribution is 5.82. The summed E-state index contributed by atoms with van der Waals surface area (Å²) in [7, 11) is 0. The molecule has 3 rings (SSSR count). The van der Waals surface area contributed by atoms with Crippen LogP contribution in [-0.2, 0) is 9.59 Å². The van der Waals surface area contributed by atoms with Gasteiger partial charge >= 0.3 is 0 Å². The van der Waals surface area contributed by atoms with Gasteiger partial charge in [-0.2, -0.15) is 0 Å². The summed E-state index contributed by atoms with van der Waals surface area (Å²) >= 11 is 0. The van der Waals surface area contributed by atoms with Crippen LogP contribution in [0.3, 0.4) is 0 Å². The minimum absolute atomic E-state index is 0.0379. The Morgan fingerprint density at radius 2 is 2.29 bits per heavy atom. The van der Waals surface area contributed by atoms with Crippen molar-refractivity contribution in [2.24, 2.45) is 5.92 Å². The van der Waals surface area contributed by atoms with Crippen molar-refractivity contribution in [3.63, 3.8) is 0 Å². The Kier molecular flexibility index (Phi) is 4.27. The van der Waals surface area contributed by atoms with Gasteiger partial charge in [-0.05, 0) is 31.4 Å². The fourth-order valence-corrected chi connectivity index (χ4v) is 3.02. The largest absolute Gasteiger partial charge is 0.469 e. The molecule has 0 bridgehead atoms. The fourth-order valence-electron chi connectivity index (χ4n) is 3.02. The average Bonchev–Trinajstić information content (AvgIpc) is 3.16. The van der Waals surface area contributed by atoms with Gasteiger partial charge < -0.3 is 14.6 Å². The molecule has 1 aliphatic heterocycles. The van der Waals surface area contributed by atoms with Crippen LogP contribution >= 0.6 is 0 Å². The molecule has 5 nitrogen and oxygen atoms in total. The molecule has 114 valence electrons. The second-order valence-corrected chi connectivity index (χ2v) is 5.95. The molecule has 1 N–H and O–H groups in total. The van der Waals surface area contributed by atoms with Crippen molar-refractivity contribution in [3.05, 3.63) is 24.2 Å². The Bertz CT molecular complexity index is 498. The molecular weight excluding hydrogens is 268 g/mol. The third-order valence-electron chi connectivity index (χ3n) is 4.39. The standard InChI is InChI=1S/C16H22N2O3/c19-15-6-2-1-3-8-18(15)9-7-17-16(20)13-11-12(13)14-5-4-10-21-14/h4-5,10,12-13H,1-3,6-9,11H2,(H,17,20)/t12-,13-/m0/s1. The monoisotopic (exact) mass is 290 g/mol. The van der Waals surface area contributed by atoms with Crippen LogP contribution in [0.15, 0.2) is 22.8 Å². The number of carbonyl (C=O) groups is 2. The van der Waals surface area contributed by atoms with Gasteiger partial charge in [-0.15, -0.1) is 0 Å². The van der Waals surface area contributed by atoms with Crippen molar-refractivity contribution in [2.45, 2.75) is 38.0 Å². The van der Waals surface area contributed by atoms with E-state index in [0.29, 0.717) is 19.5 Å². The number of hydrogen-bond acceptors (Lipinski definition) is 3. The number of furan rings is 1. The number of nitrogens with one attached hydrogen (secondary N) is 1. The maximum absolute atomic E-state index is 12.0. The lowest BCUT2D eigenvalue weighted by Gasteiger charge is -2.20. The Hall–Kier alpha value is -1.78. The van der Waals surface area contributed by atoms with Crippen LogP contribution in [0.4, 0.5) is 0 Å². The van der Waals surface area contributed by atoms with Crippen molar-refractivity contribution < 1.29 is 14.0 Å². The van der Waals surface area contributed by atoms with Gasteiger partial charge in [0.15, 0.2) is 0 Å². The van der Waals surface area contributed by atoms with Crippen LogP contribution in [-0.4, -0.2) is 36.3 Å². The molecule has 1 saturated heterocycles. The normalized spacial score (nSPS) is 25.5. The van der Waals surface area contributed by atoms with E-state index in [-0.39, 0.29) is 23.7 Å². The summed E-state index contributed by atoms with van der Waals surface area (Å²) in [6, 6.07) is 3.78. The highest BCUT2D eigenvalue weighted by atomic mass is 16.3. The maximum Gasteiger partial charge on any atom is 0.223 e. The number of nitrogens with zero attached hydrogens (tertiary/aromatic N) is 1. The Morgan fingerprint density at radius 3 is 3.10 bits per heavy atom. The van der Waals surface area contributed by atoms with Gasteiger partial charge in [-0.3, -0.25) is 9.59 Å². The SMILES string of the molecule is O=C(NCCN1CCCCCC1=O)[C@H]1C[C@@H]1c1ccco1. The number of carbonyl (C=O) groups excluding carboxylic acids is 2. The van der Waals surface area contributed by atoms with E-state index in [1.165, 1.54) is 0 Å². The summed E-state index contributed by atoms with van der Waals surface area (Å²) in [5.41, 5.74) is 0. The third kappa shape index (κ3) is 3.46. The van der Waals surface area contributed by atoms with Gasteiger partial charge in [-0.25, -0.2) is 0 Å². The van der Waals surface area contributed by atoms with Crippen LogP contribution in [0.5, 0.6) is 0 Å². The first-order valence-corrected chi connectivity index (χ1v) is 7.84. The molecule has 2 atom stereocenters.